The van der Waals surface area contributed by atoms with Crippen LogP contribution in [0.25, 0.3) is 0 Å². The highest BCUT2D eigenvalue weighted by Crippen LogP contribution is 2.28. The molecule has 0 saturated heterocycles. The van der Waals surface area contributed by atoms with Crippen LogP contribution in [0.15, 0.2) is 36.4 Å². The van der Waals surface area contributed by atoms with Crippen LogP contribution in [0.4, 0.5) is 11.4 Å². The van der Waals surface area contributed by atoms with Gasteiger partial charge >= 0.3 is 0 Å². The van der Waals surface area contributed by atoms with Crippen molar-refractivity contribution >= 4 is 39.9 Å². The summed E-state index contributed by atoms with van der Waals surface area (Å²) in [5, 5.41) is 13.8. The summed E-state index contributed by atoms with van der Waals surface area (Å²) >= 11 is 2.06. The minimum Gasteiger partial charge on any atom is -0.316 e. The molecule has 0 bridgehead atoms. The Morgan fingerprint density at radius 2 is 1.81 bits per heavy atom. The Kier molecular flexibility index (Phi) is 4.56. The molecule has 2 aromatic carbocycles. The molecule has 6 heteroatoms. The van der Waals surface area contributed by atoms with E-state index in [0.29, 0.717) is 5.56 Å². The number of nitrogens with zero attached hydrogens (tertiary/aromatic N) is 1. The van der Waals surface area contributed by atoms with Gasteiger partial charge in [0.15, 0.2) is 0 Å². The van der Waals surface area contributed by atoms with Gasteiger partial charge in [-0.3, -0.25) is 14.9 Å². The molecule has 0 heterocycles. The molecule has 0 spiro atoms. The second-order valence-corrected chi connectivity index (χ2v) is 5.81. The van der Waals surface area contributed by atoms with Crippen LogP contribution < -0.4 is 5.32 Å². The van der Waals surface area contributed by atoms with Gasteiger partial charge in [0.05, 0.1) is 10.5 Å². The minimum atomic E-state index is -0.488. The van der Waals surface area contributed by atoms with Crippen LogP contribution in [-0.2, 0) is 0 Å². The Hall–Kier alpha value is -1.96. The predicted octanol–water partition coefficient (Wildman–Crippen LogP) is 4.07. The molecular formula is C15H13IN2O3. The summed E-state index contributed by atoms with van der Waals surface area (Å²) in [6.07, 6.45) is 0. The van der Waals surface area contributed by atoms with Gasteiger partial charge in [-0.25, -0.2) is 0 Å². The first-order valence-electron chi connectivity index (χ1n) is 6.21. The molecule has 0 unspecified atom stereocenters. The van der Waals surface area contributed by atoms with Crippen molar-refractivity contribution in [2.75, 3.05) is 5.32 Å². The zero-order chi connectivity index (χ0) is 15.6. The van der Waals surface area contributed by atoms with Gasteiger partial charge in [0, 0.05) is 9.64 Å². The average Bonchev–Trinajstić information content (AvgIpc) is 2.42. The quantitative estimate of drug-likeness (QED) is 0.483. The van der Waals surface area contributed by atoms with Crippen molar-refractivity contribution in [1.29, 1.82) is 0 Å². The van der Waals surface area contributed by atoms with Gasteiger partial charge in [-0.05, 0) is 65.8 Å². The second kappa shape index (κ2) is 6.21. The van der Waals surface area contributed by atoms with Crippen molar-refractivity contribution in [1.82, 2.24) is 0 Å². The Morgan fingerprint density at radius 3 is 2.43 bits per heavy atom. The lowest BCUT2D eigenvalue weighted by Gasteiger charge is -2.09. The number of aryl methyl sites for hydroxylation is 2. The summed E-state index contributed by atoms with van der Waals surface area (Å²) in [6.45, 7) is 3.65. The third kappa shape index (κ3) is 3.38. The molecule has 0 aliphatic carbocycles. The maximum absolute atomic E-state index is 12.3. The van der Waals surface area contributed by atoms with E-state index >= 15 is 0 Å². The normalized spacial score (nSPS) is 10.2. The van der Waals surface area contributed by atoms with Gasteiger partial charge in [-0.15, -0.1) is 0 Å². The number of anilines is 1. The van der Waals surface area contributed by atoms with Gasteiger partial charge < -0.3 is 5.32 Å². The standard InChI is InChI=1S/C15H13IN2O3/c1-9-7-13(14(18(20)21)8-10(9)2)17-15(19)11-5-3-4-6-12(11)16/h3-8H,1-2H3,(H,17,19). The summed E-state index contributed by atoms with van der Waals surface area (Å²) < 4.78 is 0.791. The first-order valence-corrected chi connectivity index (χ1v) is 7.29. The lowest BCUT2D eigenvalue weighted by atomic mass is 10.1. The van der Waals surface area contributed by atoms with Crippen LogP contribution in [0.5, 0.6) is 0 Å². The summed E-state index contributed by atoms with van der Waals surface area (Å²) in [7, 11) is 0. The van der Waals surface area contributed by atoms with Gasteiger partial charge in [0.25, 0.3) is 11.6 Å². The fourth-order valence-corrected chi connectivity index (χ4v) is 2.52. The Morgan fingerprint density at radius 1 is 1.19 bits per heavy atom. The van der Waals surface area contributed by atoms with Gasteiger partial charge in [-0.1, -0.05) is 12.1 Å². The number of carbonyl (C=O) groups is 1. The third-order valence-electron chi connectivity index (χ3n) is 3.18. The van der Waals surface area contributed by atoms with E-state index in [1.54, 1.807) is 25.1 Å². The smallest absolute Gasteiger partial charge is 0.293 e. The fourth-order valence-electron chi connectivity index (χ4n) is 1.89. The van der Waals surface area contributed by atoms with E-state index in [-0.39, 0.29) is 17.3 Å². The summed E-state index contributed by atoms with van der Waals surface area (Å²) in [5.74, 6) is -0.355. The molecule has 5 nitrogen and oxygen atoms in total. The molecular weight excluding hydrogens is 383 g/mol. The van der Waals surface area contributed by atoms with E-state index < -0.39 is 4.92 Å². The van der Waals surface area contributed by atoms with E-state index in [2.05, 4.69) is 27.9 Å². The SMILES string of the molecule is Cc1cc(NC(=O)c2ccccc2I)c([N+](=O)[O-])cc1C. The number of nitro groups is 1. The molecule has 2 aromatic rings. The number of carbonyl (C=O) groups excluding carboxylic acids is 1. The van der Waals surface area contributed by atoms with Crippen LogP contribution in [0.1, 0.15) is 21.5 Å². The summed E-state index contributed by atoms with van der Waals surface area (Å²) in [4.78, 5) is 22.9. The molecule has 0 saturated carbocycles. The van der Waals surface area contributed by atoms with Crippen molar-refractivity contribution in [2.45, 2.75) is 13.8 Å². The molecule has 0 radical (unpaired) electrons. The molecule has 0 atom stereocenters. The lowest BCUT2D eigenvalue weighted by molar-refractivity contribution is -0.384. The Labute approximate surface area is 135 Å². The number of amides is 1. The van der Waals surface area contributed by atoms with E-state index in [4.69, 9.17) is 0 Å². The van der Waals surface area contributed by atoms with Crippen LogP contribution in [0.2, 0.25) is 0 Å². The lowest BCUT2D eigenvalue weighted by Crippen LogP contribution is -2.14. The van der Waals surface area contributed by atoms with E-state index in [1.807, 2.05) is 19.1 Å². The van der Waals surface area contributed by atoms with Gasteiger partial charge in [0.1, 0.15) is 5.69 Å². The van der Waals surface area contributed by atoms with E-state index in [9.17, 15) is 14.9 Å². The first-order chi connectivity index (χ1) is 9.90. The van der Waals surface area contributed by atoms with Crippen LogP contribution in [0, 0.1) is 27.5 Å². The molecule has 0 aliphatic rings. The first kappa shape index (κ1) is 15.4. The fraction of sp³-hybridized carbons (Fsp3) is 0.133. The average molecular weight is 396 g/mol. The molecule has 0 aliphatic heterocycles. The summed E-state index contributed by atoms with van der Waals surface area (Å²) in [6, 6.07) is 10.2. The zero-order valence-electron chi connectivity index (χ0n) is 11.5. The molecule has 0 fully saturated rings. The van der Waals surface area contributed by atoms with Gasteiger partial charge in [-0.2, -0.15) is 0 Å². The van der Waals surface area contributed by atoms with E-state index in [0.717, 1.165) is 14.7 Å². The van der Waals surface area contributed by atoms with Crippen LogP contribution in [0.3, 0.4) is 0 Å². The van der Waals surface area contributed by atoms with Crippen molar-refractivity contribution in [2.24, 2.45) is 0 Å². The highest BCUT2D eigenvalue weighted by Gasteiger charge is 2.19. The number of hydrogen-bond acceptors (Lipinski definition) is 3. The highest BCUT2D eigenvalue weighted by atomic mass is 127. The number of nitro benzene ring substituents is 1. The number of nitrogens with one attached hydrogen (secondary N) is 1. The van der Waals surface area contributed by atoms with Crippen molar-refractivity contribution in [3.63, 3.8) is 0 Å². The minimum absolute atomic E-state index is 0.0996. The Bertz CT molecular complexity index is 729. The maximum atomic E-state index is 12.3. The topological polar surface area (TPSA) is 72.2 Å². The Balaban J connectivity index is 2.40. The van der Waals surface area contributed by atoms with E-state index in [1.165, 1.54) is 6.07 Å². The molecule has 1 N–H and O–H groups in total. The largest absolute Gasteiger partial charge is 0.316 e. The van der Waals surface area contributed by atoms with Crippen LogP contribution in [-0.4, -0.2) is 10.8 Å². The monoisotopic (exact) mass is 396 g/mol. The molecule has 21 heavy (non-hydrogen) atoms. The number of benzene rings is 2. The maximum Gasteiger partial charge on any atom is 0.293 e. The predicted molar refractivity (Wildman–Crippen MR) is 89.7 cm³/mol. The van der Waals surface area contributed by atoms with Crippen molar-refractivity contribution in [3.8, 4) is 0 Å². The molecule has 1 amide bonds. The zero-order valence-corrected chi connectivity index (χ0v) is 13.7. The van der Waals surface area contributed by atoms with Gasteiger partial charge in [0.2, 0.25) is 0 Å². The van der Waals surface area contributed by atoms with Crippen molar-refractivity contribution in [3.05, 3.63) is 66.8 Å². The highest BCUT2D eigenvalue weighted by molar-refractivity contribution is 14.1. The molecule has 108 valence electrons. The number of halogens is 1. The molecule has 2 rings (SSSR count). The molecule has 0 aromatic heterocycles. The summed E-state index contributed by atoms with van der Waals surface area (Å²) in [5.41, 5.74) is 2.31. The second-order valence-electron chi connectivity index (χ2n) is 4.64. The number of rotatable bonds is 3. The third-order valence-corrected chi connectivity index (χ3v) is 4.12. The van der Waals surface area contributed by atoms with Crippen LogP contribution >= 0.6 is 22.6 Å². The van der Waals surface area contributed by atoms with Crippen molar-refractivity contribution < 1.29 is 9.72 Å². The number of hydrogen-bond donors (Lipinski definition) is 1.